The monoisotopic (exact) mass is 475 g/mol. The zero-order valence-corrected chi connectivity index (χ0v) is 19.0. The van der Waals surface area contributed by atoms with Gasteiger partial charge in [-0.2, -0.15) is 0 Å². The molecule has 1 saturated heterocycles. The van der Waals surface area contributed by atoms with E-state index in [1.54, 1.807) is 37.5 Å². The van der Waals surface area contributed by atoms with Crippen LogP contribution in [0.15, 0.2) is 83.8 Å². The fourth-order valence-electron chi connectivity index (χ4n) is 3.47. The average Bonchev–Trinajstić information content (AvgIpc) is 3.14. The summed E-state index contributed by atoms with van der Waals surface area (Å²) in [6.45, 7) is 0. The van der Waals surface area contributed by atoms with Crippen molar-refractivity contribution in [1.29, 1.82) is 0 Å². The summed E-state index contributed by atoms with van der Waals surface area (Å²) in [6.07, 6.45) is 1.72. The number of hydrogen-bond donors (Lipinski definition) is 1. The number of methoxy groups -OCH3 is 1. The highest BCUT2D eigenvalue weighted by Gasteiger charge is 2.38. The number of ether oxygens (including phenoxy) is 1. The molecule has 1 aliphatic heterocycles. The first-order valence-corrected chi connectivity index (χ1v) is 11.3. The summed E-state index contributed by atoms with van der Waals surface area (Å²) in [5.74, 6) is -0.0425. The van der Waals surface area contributed by atoms with Crippen LogP contribution in [0.3, 0.4) is 0 Å². The van der Waals surface area contributed by atoms with E-state index >= 15 is 0 Å². The molecule has 0 spiro atoms. The lowest BCUT2D eigenvalue weighted by Gasteiger charge is -2.24. The second-order valence-electron chi connectivity index (χ2n) is 7.48. The van der Waals surface area contributed by atoms with Gasteiger partial charge < -0.3 is 4.74 Å². The molecule has 2 amide bonds. The van der Waals surface area contributed by atoms with Crippen molar-refractivity contribution in [2.45, 2.75) is 11.8 Å². The number of nitro groups is 1. The van der Waals surface area contributed by atoms with E-state index in [1.165, 1.54) is 28.9 Å². The maximum absolute atomic E-state index is 13.3. The van der Waals surface area contributed by atoms with Gasteiger partial charge in [0.25, 0.3) is 11.6 Å². The Labute approximate surface area is 200 Å². The molecule has 0 saturated carbocycles. The van der Waals surface area contributed by atoms with E-state index in [9.17, 15) is 19.7 Å². The molecular weight excluding hydrogens is 454 g/mol. The second kappa shape index (κ2) is 10.2. The molecule has 172 valence electrons. The Morgan fingerprint density at radius 3 is 2.53 bits per heavy atom. The number of carbonyl (C=O) groups excluding carboxylic acids is 2. The van der Waals surface area contributed by atoms with Crippen molar-refractivity contribution in [2.24, 2.45) is 0 Å². The van der Waals surface area contributed by atoms with Crippen LogP contribution in [0.25, 0.3) is 6.08 Å². The van der Waals surface area contributed by atoms with Crippen LogP contribution >= 0.6 is 11.8 Å². The summed E-state index contributed by atoms with van der Waals surface area (Å²) in [6, 6.07) is 22.5. The Morgan fingerprint density at radius 2 is 1.85 bits per heavy atom. The highest BCUT2D eigenvalue weighted by molar-refractivity contribution is 8.04. The first-order valence-electron chi connectivity index (χ1n) is 10.4. The largest absolute Gasteiger partial charge is 0.497 e. The minimum Gasteiger partial charge on any atom is -0.497 e. The first kappa shape index (κ1) is 23.1. The Balaban J connectivity index is 1.63. The number of nitrogens with one attached hydrogen (secondary N) is 1. The van der Waals surface area contributed by atoms with Gasteiger partial charge in [-0.3, -0.25) is 25.1 Å². The van der Waals surface area contributed by atoms with Crippen molar-refractivity contribution >= 4 is 35.3 Å². The smallest absolute Gasteiger partial charge is 0.280 e. The van der Waals surface area contributed by atoms with Gasteiger partial charge in [0, 0.05) is 12.1 Å². The Kier molecular flexibility index (Phi) is 6.93. The number of thioether (sulfide) groups is 1. The Morgan fingerprint density at radius 1 is 1.12 bits per heavy atom. The van der Waals surface area contributed by atoms with Crippen LogP contribution in [-0.2, 0) is 16.0 Å². The van der Waals surface area contributed by atoms with Crippen LogP contribution in [-0.4, -0.2) is 28.9 Å². The van der Waals surface area contributed by atoms with Crippen molar-refractivity contribution in [3.63, 3.8) is 0 Å². The first-order chi connectivity index (χ1) is 16.4. The number of rotatable bonds is 7. The maximum Gasteiger partial charge on any atom is 0.280 e. The average molecular weight is 476 g/mol. The molecule has 1 heterocycles. The van der Waals surface area contributed by atoms with Crippen molar-refractivity contribution in [3.8, 4) is 5.75 Å². The third-order valence-corrected chi connectivity index (χ3v) is 6.39. The van der Waals surface area contributed by atoms with E-state index in [4.69, 9.17) is 4.74 Å². The quantitative estimate of drug-likeness (QED) is 0.307. The second-order valence-corrected chi connectivity index (χ2v) is 8.60. The summed E-state index contributed by atoms with van der Waals surface area (Å²) >= 11 is 1.26. The predicted molar refractivity (Wildman–Crippen MR) is 130 cm³/mol. The highest BCUT2D eigenvalue weighted by Crippen LogP contribution is 2.45. The zero-order valence-electron chi connectivity index (χ0n) is 18.2. The van der Waals surface area contributed by atoms with Crippen molar-refractivity contribution in [3.05, 3.63) is 111 Å². The van der Waals surface area contributed by atoms with Crippen LogP contribution in [0.5, 0.6) is 5.75 Å². The lowest BCUT2D eigenvalue weighted by molar-refractivity contribution is -0.384. The number of amides is 2. The van der Waals surface area contributed by atoms with E-state index < -0.39 is 16.2 Å². The molecule has 0 aromatic heterocycles. The van der Waals surface area contributed by atoms with E-state index in [-0.39, 0.29) is 18.0 Å². The molecule has 1 N–H and O–H groups in total. The number of benzene rings is 3. The van der Waals surface area contributed by atoms with Gasteiger partial charge in [0.15, 0.2) is 0 Å². The van der Waals surface area contributed by atoms with E-state index in [0.717, 1.165) is 11.1 Å². The van der Waals surface area contributed by atoms with Gasteiger partial charge in [-0.15, -0.1) is 0 Å². The van der Waals surface area contributed by atoms with Crippen LogP contribution in [0, 0.1) is 10.1 Å². The molecule has 4 rings (SSSR count). The van der Waals surface area contributed by atoms with Crippen molar-refractivity contribution in [2.75, 3.05) is 7.11 Å². The van der Waals surface area contributed by atoms with Crippen LogP contribution in [0.1, 0.15) is 22.1 Å². The third-order valence-electron chi connectivity index (χ3n) is 5.14. The summed E-state index contributed by atoms with van der Waals surface area (Å²) in [4.78, 5) is 37.0. The summed E-state index contributed by atoms with van der Waals surface area (Å²) in [5, 5.41) is 11.9. The number of hydrazine groups is 1. The van der Waals surface area contributed by atoms with Crippen molar-refractivity contribution < 1.29 is 19.2 Å². The number of non-ortho nitro benzene ring substituents is 1. The van der Waals surface area contributed by atoms with E-state index in [1.807, 2.05) is 42.5 Å². The molecule has 0 aliphatic carbocycles. The van der Waals surface area contributed by atoms with Crippen LogP contribution < -0.4 is 10.2 Å². The minimum atomic E-state index is -0.511. The maximum atomic E-state index is 13.3. The van der Waals surface area contributed by atoms with Gasteiger partial charge >= 0.3 is 0 Å². The van der Waals surface area contributed by atoms with Crippen LogP contribution in [0.2, 0.25) is 0 Å². The molecule has 3 aromatic rings. The molecule has 8 nitrogen and oxygen atoms in total. The fraction of sp³-hybridized carbons (Fsp3) is 0.120. The lowest BCUT2D eigenvalue weighted by Crippen LogP contribution is -2.44. The summed E-state index contributed by atoms with van der Waals surface area (Å²) in [5.41, 5.74) is 4.82. The molecule has 1 aliphatic rings. The van der Waals surface area contributed by atoms with Crippen LogP contribution in [0.4, 0.5) is 5.69 Å². The molecule has 3 aromatic carbocycles. The summed E-state index contributed by atoms with van der Waals surface area (Å²) in [7, 11) is 1.57. The zero-order chi connectivity index (χ0) is 24.1. The molecule has 0 unspecified atom stereocenters. The van der Waals surface area contributed by atoms with Crippen molar-refractivity contribution in [1.82, 2.24) is 10.4 Å². The van der Waals surface area contributed by atoms with Gasteiger partial charge in [0.05, 0.1) is 23.4 Å². The highest BCUT2D eigenvalue weighted by atomic mass is 32.2. The van der Waals surface area contributed by atoms with E-state index in [2.05, 4.69) is 5.43 Å². The number of nitro benzene ring substituents is 1. The molecule has 0 radical (unpaired) electrons. The van der Waals surface area contributed by atoms with Gasteiger partial charge in [-0.1, -0.05) is 66.4 Å². The lowest BCUT2D eigenvalue weighted by atomic mass is 10.1. The van der Waals surface area contributed by atoms with Gasteiger partial charge in [-0.25, -0.2) is 5.01 Å². The topological polar surface area (TPSA) is 102 Å². The molecule has 9 heteroatoms. The Hall–Kier alpha value is -4.11. The van der Waals surface area contributed by atoms with E-state index in [0.29, 0.717) is 16.2 Å². The standard InChI is InChI=1S/C25H21N3O5S/c1-33-21-12-10-19(11-13-21)25-27(26-23(29)16-17-6-3-2-4-7-17)24(30)22(34-25)15-18-8-5-9-20(14-18)28(31)32/h2-15,25H,16H2,1H3,(H,26,29)/b22-15+/t25-/m0/s1. The molecular formula is C25H21N3O5S. The normalized spacial score (nSPS) is 16.5. The SMILES string of the molecule is COc1ccc([C@@H]2S/C(=C/c3cccc([N+](=O)[O-])c3)C(=O)N2NC(=O)Cc2ccccc2)cc1. The van der Waals surface area contributed by atoms with Gasteiger partial charge in [0.2, 0.25) is 5.91 Å². The number of carbonyl (C=O) groups is 2. The Bertz CT molecular complexity index is 1240. The van der Waals surface area contributed by atoms with Gasteiger partial charge in [0.1, 0.15) is 11.1 Å². The minimum absolute atomic E-state index is 0.0653. The number of nitrogens with zero attached hydrogens (tertiary/aromatic N) is 2. The predicted octanol–water partition coefficient (Wildman–Crippen LogP) is 4.49. The summed E-state index contributed by atoms with van der Waals surface area (Å²) < 4.78 is 5.22. The molecule has 1 fully saturated rings. The molecule has 0 bridgehead atoms. The molecule has 1 atom stereocenters. The third kappa shape index (κ3) is 5.26. The fourth-order valence-corrected chi connectivity index (χ4v) is 4.66. The van der Waals surface area contributed by atoms with Gasteiger partial charge in [-0.05, 0) is 34.9 Å². The number of hydrogen-bond acceptors (Lipinski definition) is 6. The molecule has 34 heavy (non-hydrogen) atoms.